The van der Waals surface area contributed by atoms with Crippen molar-refractivity contribution >= 4 is 17.3 Å². The van der Waals surface area contributed by atoms with E-state index in [4.69, 9.17) is 5.11 Å². The van der Waals surface area contributed by atoms with Crippen molar-refractivity contribution in [3.63, 3.8) is 0 Å². The van der Waals surface area contributed by atoms with Crippen LogP contribution in [0.1, 0.15) is 10.4 Å². The smallest absolute Gasteiger partial charge is 0.335 e. The van der Waals surface area contributed by atoms with Crippen molar-refractivity contribution in [1.82, 2.24) is 5.32 Å². The lowest BCUT2D eigenvalue weighted by Crippen LogP contribution is -2.43. The van der Waals surface area contributed by atoms with Crippen LogP contribution in [-0.4, -0.2) is 42.2 Å². The fraction of sp³-hybridized carbons (Fsp3) is 0.364. The molecule has 1 saturated heterocycles. The van der Waals surface area contributed by atoms with Gasteiger partial charge in [0.05, 0.1) is 10.5 Å². The lowest BCUT2D eigenvalue weighted by molar-refractivity contribution is -0.384. The molecule has 18 heavy (non-hydrogen) atoms. The Hall–Kier alpha value is -2.15. The maximum absolute atomic E-state index is 11.0. The van der Waals surface area contributed by atoms with Crippen LogP contribution in [0.5, 0.6) is 0 Å². The number of carbonyl (C=O) groups is 1. The average Bonchev–Trinajstić information content (AvgIpc) is 2.39. The van der Waals surface area contributed by atoms with E-state index in [1.807, 2.05) is 4.90 Å². The van der Waals surface area contributed by atoms with Crippen LogP contribution in [0.2, 0.25) is 0 Å². The fourth-order valence-corrected chi connectivity index (χ4v) is 1.98. The predicted octanol–water partition coefficient (Wildman–Crippen LogP) is 0.703. The second kappa shape index (κ2) is 5.01. The summed E-state index contributed by atoms with van der Waals surface area (Å²) in [5.74, 6) is -1.16. The summed E-state index contributed by atoms with van der Waals surface area (Å²) in [6, 6.07) is 4.01. The Morgan fingerprint density at radius 1 is 1.39 bits per heavy atom. The van der Waals surface area contributed by atoms with Crippen molar-refractivity contribution in [3.05, 3.63) is 33.9 Å². The number of carboxylic acid groups (broad SMARTS) is 1. The highest BCUT2D eigenvalue weighted by molar-refractivity contribution is 5.89. The zero-order chi connectivity index (χ0) is 13.1. The molecule has 0 radical (unpaired) electrons. The molecular weight excluding hydrogens is 238 g/mol. The first kappa shape index (κ1) is 12.3. The molecule has 0 aliphatic carbocycles. The van der Waals surface area contributed by atoms with Gasteiger partial charge < -0.3 is 15.3 Å². The van der Waals surface area contributed by atoms with Crippen molar-refractivity contribution in [2.75, 3.05) is 31.1 Å². The number of benzene rings is 1. The Morgan fingerprint density at radius 2 is 2.06 bits per heavy atom. The number of rotatable bonds is 3. The Labute approximate surface area is 103 Å². The number of piperazine rings is 1. The maximum Gasteiger partial charge on any atom is 0.335 e. The third kappa shape index (κ3) is 2.40. The highest BCUT2D eigenvalue weighted by Gasteiger charge is 2.22. The number of hydrogen-bond acceptors (Lipinski definition) is 5. The molecule has 7 heteroatoms. The summed E-state index contributed by atoms with van der Waals surface area (Å²) in [6.07, 6.45) is 0. The lowest BCUT2D eigenvalue weighted by Gasteiger charge is -2.29. The van der Waals surface area contributed by atoms with Crippen LogP contribution in [0.3, 0.4) is 0 Å². The minimum Gasteiger partial charge on any atom is -0.478 e. The molecule has 2 rings (SSSR count). The summed E-state index contributed by atoms with van der Waals surface area (Å²) in [5, 5.41) is 23.0. The van der Waals surface area contributed by atoms with Crippen LogP contribution in [0.15, 0.2) is 18.2 Å². The molecule has 0 spiro atoms. The number of nitro benzene ring substituents is 1. The second-order valence-electron chi connectivity index (χ2n) is 4.00. The highest BCUT2D eigenvalue weighted by atomic mass is 16.6. The van der Waals surface area contributed by atoms with E-state index < -0.39 is 10.9 Å². The summed E-state index contributed by atoms with van der Waals surface area (Å²) < 4.78 is 0. The molecule has 1 aromatic rings. The van der Waals surface area contributed by atoms with Crippen LogP contribution < -0.4 is 10.2 Å². The Kier molecular flexibility index (Phi) is 3.42. The van der Waals surface area contributed by atoms with Crippen molar-refractivity contribution in [2.24, 2.45) is 0 Å². The Bertz CT molecular complexity index is 483. The highest BCUT2D eigenvalue weighted by Crippen LogP contribution is 2.29. The number of anilines is 1. The molecule has 0 amide bonds. The molecule has 1 aromatic carbocycles. The molecular formula is C11H13N3O4. The van der Waals surface area contributed by atoms with Gasteiger partial charge in [-0.15, -0.1) is 0 Å². The van der Waals surface area contributed by atoms with Gasteiger partial charge in [-0.05, 0) is 12.1 Å². The molecule has 1 fully saturated rings. The normalized spacial score (nSPS) is 15.4. The van der Waals surface area contributed by atoms with E-state index in [9.17, 15) is 14.9 Å². The van der Waals surface area contributed by atoms with Gasteiger partial charge in [-0.25, -0.2) is 4.79 Å². The van der Waals surface area contributed by atoms with E-state index in [0.717, 1.165) is 19.2 Å². The minimum atomic E-state index is -1.16. The molecule has 0 bridgehead atoms. The monoisotopic (exact) mass is 251 g/mol. The molecule has 0 saturated carbocycles. The number of aromatic carboxylic acids is 1. The quantitative estimate of drug-likeness (QED) is 0.606. The topological polar surface area (TPSA) is 95.7 Å². The molecule has 1 aliphatic heterocycles. The third-order valence-corrected chi connectivity index (χ3v) is 2.88. The molecule has 1 heterocycles. The van der Waals surface area contributed by atoms with Gasteiger partial charge in [0, 0.05) is 32.2 Å². The summed E-state index contributed by atoms with van der Waals surface area (Å²) in [5.41, 5.74) is 0.254. The Balaban J connectivity index is 2.39. The van der Waals surface area contributed by atoms with E-state index in [1.54, 1.807) is 0 Å². The van der Waals surface area contributed by atoms with Gasteiger partial charge in [0.1, 0.15) is 5.69 Å². The van der Waals surface area contributed by atoms with Crippen molar-refractivity contribution < 1.29 is 14.8 Å². The zero-order valence-electron chi connectivity index (χ0n) is 9.63. The maximum atomic E-state index is 11.0. The van der Waals surface area contributed by atoms with E-state index in [-0.39, 0.29) is 11.3 Å². The van der Waals surface area contributed by atoms with E-state index >= 15 is 0 Å². The summed E-state index contributed by atoms with van der Waals surface area (Å²) in [4.78, 5) is 23.2. The largest absolute Gasteiger partial charge is 0.478 e. The van der Waals surface area contributed by atoms with Gasteiger partial charge in [0.2, 0.25) is 0 Å². The summed E-state index contributed by atoms with van der Waals surface area (Å²) >= 11 is 0. The van der Waals surface area contributed by atoms with E-state index in [1.165, 1.54) is 12.1 Å². The first-order valence-electron chi connectivity index (χ1n) is 5.57. The third-order valence-electron chi connectivity index (χ3n) is 2.88. The lowest BCUT2D eigenvalue weighted by atomic mass is 10.1. The number of hydrogen-bond donors (Lipinski definition) is 2. The van der Waals surface area contributed by atoms with Gasteiger partial charge in [0.15, 0.2) is 0 Å². The molecule has 1 aliphatic rings. The minimum absolute atomic E-state index is 0.0689. The first-order chi connectivity index (χ1) is 8.59. The van der Waals surface area contributed by atoms with Crippen LogP contribution in [0.4, 0.5) is 11.4 Å². The Morgan fingerprint density at radius 3 is 2.61 bits per heavy atom. The number of nitrogens with one attached hydrogen (secondary N) is 1. The molecule has 96 valence electrons. The van der Waals surface area contributed by atoms with Crippen LogP contribution in [-0.2, 0) is 0 Å². The molecule has 0 aromatic heterocycles. The standard InChI is InChI=1S/C11H13N3O4/c15-11(16)8-1-2-9(10(7-8)14(17)18)13-5-3-12-4-6-13/h1-2,7,12H,3-6H2,(H,15,16). The first-order valence-corrected chi connectivity index (χ1v) is 5.57. The van der Waals surface area contributed by atoms with E-state index in [2.05, 4.69) is 5.32 Å². The van der Waals surface area contributed by atoms with Crippen LogP contribution in [0, 0.1) is 10.1 Å². The van der Waals surface area contributed by atoms with Gasteiger partial charge in [-0.2, -0.15) is 0 Å². The summed E-state index contributed by atoms with van der Waals surface area (Å²) in [7, 11) is 0. The van der Waals surface area contributed by atoms with Crippen molar-refractivity contribution in [1.29, 1.82) is 0 Å². The molecule has 7 nitrogen and oxygen atoms in total. The molecule has 0 atom stereocenters. The van der Waals surface area contributed by atoms with Crippen LogP contribution in [0.25, 0.3) is 0 Å². The van der Waals surface area contributed by atoms with Gasteiger partial charge in [-0.1, -0.05) is 0 Å². The predicted molar refractivity (Wildman–Crippen MR) is 65.1 cm³/mol. The zero-order valence-corrected chi connectivity index (χ0v) is 9.63. The second-order valence-corrected chi connectivity index (χ2v) is 4.00. The fourth-order valence-electron chi connectivity index (χ4n) is 1.98. The molecule has 2 N–H and O–H groups in total. The van der Waals surface area contributed by atoms with Crippen LogP contribution >= 0.6 is 0 Å². The number of carboxylic acids is 1. The van der Waals surface area contributed by atoms with E-state index in [0.29, 0.717) is 18.8 Å². The van der Waals surface area contributed by atoms with Crippen molar-refractivity contribution in [3.8, 4) is 0 Å². The van der Waals surface area contributed by atoms with Gasteiger partial charge in [-0.3, -0.25) is 10.1 Å². The summed E-state index contributed by atoms with van der Waals surface area (Å²) in [6.45, 7) is 2.87. The number of nitro groups is 1. The van der Waals surface area contributed by atoms with Gasteiger partial charge in [0.25, 0.3) is 5.69 Å². The van der Waals surface area contributed by atoms with Gasteiger partial charge >= 0.3 is 5.97 Å². The average molecular weight is 251 g/mol. The van der Waals surface area contributed by atoms with Crippen molar-refractivity contribution in [2.45, 2.75) is 0 Å². The SMILES string of the molecule is O=C(O)c1ccc(N2CCNCC2)c([N+](=O)[O-])c1. The molecule has 0 unspecified atom stereocenters. The number of nitrogens with zero attached hydrogens (tertiary/aromatic N) is 2.